The van der Waals surface area contributed by atoms with E-state index in [0.717, 1.165) is 35.1 Å². The summed E-state index contributed by atoms with van der Waals surface area (Å²) in [5.41, 5.74) is 3.30. The lowest BCUT2D eigenvalue weighted by Crippen LogP contribution is -2.01. The molecule has 2 N–H and O–H groups in total. The number of rotatable bonds is 8. The molecule has 162 valence electrons. The first-order valence-electron chi connectivity index (χ1n) is 10.8. The zero-order chi connectivity index (χ0) is 22.0. The van der Waals surface area contributed by atoms with Crippen LogP contribution in [0.3, 0.4) is 0 Å². The summed E-state index contributed by atoms with van der Waals surface area (Å²) in [7, 11) is 0. The molecule has 4 rings (SSSR count). The molecule has 2 aromatic heterocycles. The highest BCUT2D eigenvalue weighted by Crippen LogP contribution is 2.37. The van der Waals surface area contributed by atoms with Crippen LogP contribution in [0, 0.1) is 0 Å². The quantitative estimate of drug-likeness (QED) is 0.243. The molecule has 7 heteroatoms. The Balaban J connectivity index is 1.80. The molecule has 0 aliphatic carbocycles. The highest BCUT2D eigenvalue weighted by molar-refractivity contribution is 7.80. The fraction of sp³-hybridized carbons (Fsp3) is 0.333. The summed E-state index contributed by atoms with van der Waals surface area (Å²) in [5.74, 6) is 0.515. The number of phenolic OH excluding ortho intramolecular Hbond substituents is 2. The van der Waals surface area contributed by atoms with Crippen molar-refractivity contribution in [1.82, 2.24) is 19.3 Å². The number of hydrogen-bond donors (Lipinski definition) is 3. The Morgan fingerprint density at radius 1 is 0.968 bits per heavy atom. The first-order valence-corrected chi connectivity index (χ1v) is 11.3. The van der Waals surface area contributed by atoms with Crippen LogP contribution in [0.5, 0.6) is 11.5 Å². The van der Waals surface area contributed by atoms with E-state index < -0.39 is 0 Å². The van der Waals surface area contributed by atoms with Crippen molar-refractivity contribution in [1.29, 1.82) is 0 Å². The van der Waals surface area contributed by atoms with Crippen molar-refractivity contribution in [2.24, 2.45) is 0 Å². The van der Waals surface area contributed by atoms with E-state index in [4.69, 9.17) is 0 Å². The van der Waals surface area contributed by atoms with Crippen LogP contribution in [-0.4, -0.2) is 29.5 Å². The number of aromatic nitrogens is 4. The number of aryl methyl sites for hydroxylation is 2. The maximum Gasteiger partial charge on any atom is 0.193 e. The molecule has 0 radical (unpaired) electrons. The Labute approximate surface area is 187 Å². The van der Waals surface area contributed by atoms with E-state index in [1.807, 2.05) is 23.6 Å². The van der Waals surface area contributed by atoms with Gasteiger partial charge in [-0.2, -0.15) is 0 Å². The minimum absolute atomic E-state index is 0.0441. The van der Waals surface area contributed by atoms with Crippen molar-refractivity contribution >= 4 is 23.5 Å². The monoisotopic (exact) mass is 436 g/mol. The van der Waals surface area contributed by atoms with E-state index >= 15 is 0 Å². The Morgan fingerprint density at radius 3 is 2.58 bits per heavy atom. The Kier molecular flexibility index (Phi) is 6.23. The van der Waals surface area contributed by atoms with Gasteiger partial charge in [-0.3, -0.25) is 4.57 Å². The Hall–Kier alpha value is -2.93. The molecule has 0 spiro atoms. The van der Waals surface area contributed by atoms with Crippen molar-refractivity contribution in [2.75, 3.05) is 0 Å². The highest BCUT2D eigenvalue weighted by atomic mass is 32.1. The molecule has 0 aliphatic rings. The lowest BCUT2D eigenvalue weighted by atomic mass is 10.1. The Bertz CT molecular complexity index is 1210. The third kappa shape index (κ3) is 4.02. The smallest absolute Gasteiger partial charge is 0.193 e. The summed E-state index contributed by atoms with van der Waals surface area (Å²) >= 11 is 4.55. The van der Waals surface area contributed by atoms with E-state index in [1.54, 1.807) is 6.07 Å². The molecule has 0 aliphatic heterocycles. The summed E-state index contributed by atoms with van der Waals surface area (Å²) in [6.07, 6.45) is 7.62. The minimum Gasteiger partial charge on any atom is -0.508 e. The van der Waals surface area contributed by atoms with E-state index in [1.165, 1.54) is 25.3 Å². The van der Waals surface area contributed by atoms with Gasteiger partial charge in [0.2, 0.25) is 0 Å². The predicted molar refractivity (Wildman–Crippen MR) is 126 cm³/mol. The lowest BCUT2D eigenvalue weighted by Gasteiger charge is -2.13. The van der Waals surface area contributed by atoms with Gasteiger partial charge < -0.3 is 14.8 Å². The molecule has 31 heavy (non-hydrogen) atoms. The number of thiol groups is 1. The van der Waals surface area contributed by atoms with Crippen LogP contribution in [0.2, 0.25) is 0 Å². The van der Waals surface area contributed by atoms with E-state index in [-0.39, 0.29) is 11.5 Å². The number of aromatic hydroxyl groups is 2. The van der Waals surface area contributed by atoms with Gasteiger partial charge >= 0.3 is 0 Å². The Morgan fingerprint density at radius 2 is 1.81 bits per heavy atom. The summed E-state index contributed by atoms with van der Waals surface area (Å²) in [6, 6.07) is 11.4. The van der Waals surface area contributed by atoms with Gasteiger partial charge in [0.25, 0.3) is 0 Å². The van der Waals surface area contributed by atoms with Gasteiger partial charge in [-0.1, -0.05) is 39.2 Å². The number of nitrogens with zero attached hydrogens (tertiary/aromatic N) is 4. The maximum atomic E-state index is 10.5. The van der Waals surface area contributed by atoms with Gasteiger partial charge in [0.15, 0.2) is 11.0 Å². The van der Waals surface area contributed by atoms with Crippen LogP contribution in [0.4, 0.5) is 0 Å². The third-order valence-corrected chi connectivity index (χ3v) is 6.04. The molecular weight excluding hydrogens is 408 g/mol. The molecule has 0 amide bonds. The first-order chi connectivity index (χ1) is 15.0. The number of hydrogen-bond acceptors (Lipinski definition) is 5. The van der Waals surface area contributed by atoms with E-state index in [0.29, 0.717) is 23.0 Å². The zero-order valence-corrected chi connectivity index (χ0v) is 18.8. The molecule has 0 unspecified atom stereocenters. The third-order valence-electron chi connectivity index (χ3n) is 5.75. The van der Waals surface area contributed by atoms with Gasteiger partial charge in [-0.25, -0.2) is 0 Å². The standard InChI is InChI=1S/C24H28N4O2S/c1-3-5-6-7-12-27-13-11-17-19(27)9-8-10-20(17)28-23(25-26-24(28)31)18-14-16(4-2)21(29)15-22(18)30/h8-11,13-15,29-30H,3-7,12H2,1-2H3,(H,26,31). The fourth-order valence-corrected chi connectivity index (χ4v) is 4.31. The van der Waals surface area contributed by atoms with Crippen molar-refractivity contribution < 1.29 is 10.2 Å². The molecule has 2 heterocycles. The zero-order valence-electron chi connectivity index (χ0n) is 17.9. The molecular formula is C24H28N4O2S. The van der Waals surface area contributed by atoms with Crippen LogP contribution in [0.15, 0.2) is 47.8 Å². The van der Waals surface area contributed by atoms with E-state index in [2.05, 4.69) is 52.6 Å². The largest absolute Gasteiger partial charge is 0.508 e. The van der Waals surface area contributed by atoms with Crippen molar-refractivity contribution in [3.63, 3.8) is 0 Å². The number of benzene rings is 2. The van der Waals surface area contributed by atoms with Crippen LogP contribution in [0.25, 0.3) is 28.0 Å². The van der Waals surface area contributed by atoms with Crippen LogP contribution >= 0.6 is 12.6 Å². The van der Waals surface area contributed by atoms with Gasteiger partial charge in [0.1, 0.15) is 11.5 Å². The molecule has 4 aromatic rings. The molecule has 6 nitrogen and oxygen atoms in total. The van der Waals surface area contributed by atoms with Crippen molar-refractivity contribution in [2.45, 2.75) is 57.7 Å². The van der Waals surface area contributed by atoms with Crippen molar-refractivity contribution in [3.05, 3.63) is 48.2 Å². The second-order valence-corrected chi connectivity index (χ2v) is 8.19. The van der Waals surface area contributed by atoms with Crippen LogP contribution in [-0.2, 0) is 13.0 Å². The second-order valence-electron chi connectivity index (χ2n) is 7.79. The summed E-state index contributed by atoms with van der Waals surface area (Å²) in [5, 5.41) is 30.6. The topological polar surface area (TPSA) is 76.1 Å². The number of fused-ring (bicyclic) bond motifs is 1. The van der Waals surface area contributed by atoms with Gasteiger partial charge in [0.05, 0.1) is 16.8 Å². The molecule has 0 bridgehead atoms. The maximum absolute atomic E-state index is 10.5. The molecule has 2 aromatic carbocycles. The second kappa shape index (κ2) is 9.06. The minimum atomic E-state index is -0.0441. The average molecular weight is 437 g/mol. The summed E-state index contributed by atoms with van der Waals surface area (Å²) in [6.45, 7) is 5.15. The number of unbranched alkanes of at least 4 members (excludes halogenated alkanes) is 3. The van der Waals surface area contributed by atoms with Gasteiger partial charge in [-0.15, -0.1) is 22.8 Å². The SMILES string of the molecule is CCCCCCn1ccc2c(-n3c(S)nnc3-c3cc(CC)c(O)cc3O)cccc21. The predicted octanol–water partition coefficient (Wildman–Crippen LogP) is 5.73. The molecule has 0 saturated heterocycles. The number of phenols is 2. The highest BCUT2D eigenvalue weighted by Gasteiger charge is 2.20. The van der Waals surface area contributed by atoms with E-state index in [9.17, 15) is 10.2 Å². The average Bonchev–Trinajstić information content (AvgIpc) is 3.35. The molecule has 0 saturated carbocycles. The summed E-state index contributed by atoms with van der Waals surface area (Å²) < 4.78 is 4.13. The fourth-order valence-electron chi connectivity index (χ4n) is 4.06. The summed E-state index contributed by atoms with van der Waals surface area (Å²) in [4.78, 5) is 0. The normalized spacial score (nSPS) is 11.5. The van der Waals surface area contributed by atoms with Crippen LogP contribution in [0.1, 0.15) is 45.1 Å². The van der Waals surface area contributed by atoms with Gasteiger partial charge in [-0.05, 0) is 42.7 Å². The van der Waals surface area contributed by atoms with Gasteiger partial charge in [0, 0.05) is 24.2 Å². The molecule has 0 atom stereocenters. The molecule has 0 fully saturated rings. The lowest BCUT2D eigenvalue weighted by molar-refractivity contribution is 0.447. The first kappa shape index (κ1) is 21.3. The van der Waals surface area contributed by atoms with Crippen molar-refractivity contribution in [3.8, 4) is 28.6 Å². The van der Waals surface area contributed by atoms with Crippen LogP contribution < -0.4 is 0 Å².